The van der Waals surface area contributed by atoms with Crippen molar-refractivity contribution < 1.29 is 14.3 Å². The van der Waals surface area contributed by atoms with Crippen LogP contribution in [0, 0.1) is 0 Å². The maximum absolute atomic E-state index is 10.3. The first-order chi connectivity index (χ1) is 8.56. The molecule has 0 spiro atoms. The van der Waals surface area contributed by atoms with Crippen molar-refractivity contribution in [3.63, 3.8) is 0 Å². The summed E-state index contributed by atoms with van der Waals surface area (Å²) in [5.41, 5.74) is 0.643. The van der Waals surface area contributed by atoms with Gasteiger partial charge in [0.15, 0.2) is 0 Å². The number of rotatable bonds is 3. The number of carboxylic acids is 1. The molecule has 0 aliphatic rings. The molecular formula is C11H6BrClN2O3. The zero-order chi connectivity index (χ0) is 13.1. The van der Waals surface area contributed by atoms with Crippen molar-refractivity contribution in [3.05, 3.63) is 39.7 Å². The molecule has 0 bridgehead atoms. The third-order valence-electron chi connectivity index (χ3n) is 1.97. The second kappa shape index (κ2) is 5.32. The number of nitrogens with zero attached hydrogens (tertiary/aromatic N) is 2. The maximum Gasteiger partial charge on any atom is 0.328 e. The van der Waals surface area contributed by atoms with Crippen molar-refractivity contribution in [2.24, 2.45) is 0 Å². The molecule has 1 aromatic carbocycles. The van der Waals surface area contributed by atoms with Gasteiger partial charge < -0.3 is 9.52 Å². The van der Waals surface area contributed by atoms with Crippen LogP contribution in [-0.2, 0) is 4.79 Å². The molecule has 0 saturated heterocycles. The van der Waals surface area contributed by atoms with Gasteiger partial charge >= 0.3 is 5.97 Å². The Hall–Kier alpha value is -1.66. The number of aromatic nitrogens is 2. The molecule has 0 atom stereocenters. The molecule has 0 amide bonds. The molecule has 5 nitrogen and oxygen atoms in total. The predicted molar refractivity (Wildman–Crippen MR) is 69.1 cm³/mol. The molecule has 1 N–H and O–H groups in total. The summed E-state index contributed by atoms with van der Waals surface area (Å²) in [4.78, 5) is 10.3. The van der Waals surface area contributed by atoms with E-state index in [9.17, 15) is 4.79 Å². The molecule has 0 aliphatic carbocycles. The molecule has 0 fully saturated rings. The Balaban J connectivity index is 2.35. The minimum absolute atomic E-state index is 0.110. The second-order valence-electron chi connectivity index (χ2n) is 3.24. The van der Waals surface area contributed by atoms with Crippen molar-refractivity contribution in [1.29, 1.82) is 0 Å². The molecule has 0 radical (unpaired) electrons. The number of aliphatic carboxylic acids is 1. The van der Waals surface area contributed by atoms with Gasteiger partial charge in [-0.1, -0.05) is 11.6 Å². The highest BCUT2D eigenvalue weighted by Gasteiger charge is 2.11. The molecule has 1 aromatic heterocycles. The lowest BCUT2D eigenvalue weighted by molar-refractivity contribution is -0.131. The first kappa shape index (κ1) is 12.8. The van der Waals surface area contributed by atoms with E-state index in [1.165, 1.54) is 6.08 Å². The Morgan fingerprint density at radius 1 is 1.44 bits per heavy atom. The fourth-order valence-electron chi connectivity index (χ4n) is 1.21. The SMILES string of the molecule is O=C(O)/C=C/c1nnc(-c2cc(Cl)ccc2Br)o1. The Kier molecular flexibility index (Phi) is 3.78. The van der Waals surface area contributed by atoms with Gasteiger partial charge in [0.05, 0.1) is 5.56 Å². The first-order valence-electron chi connectivity index (χ1n) is 4.76. The Morgan fingerprint density at radius 3 is 2.94 bits per heavy atom. The van der Waals surface area contributed by atoms with Crippen LogP contribution in [0.1, 0.15) is 5.89 Å². The molecule has 0 saturated carbocycles. The number of carboxylic acid groups (broad SMARTS) is 1. The van der Waals surface area contributed by atoms with Crippen LogP contribution in [-0.4, -0.2) is 21.3 Å². The van der Waals surface area contributed by atoms with Crippen LogP contribution in [0.4, 0.5) is 0 Å². The lowest BCUT2D eigenvalue weighted by Crippen LogP contribution is -1.85. The number of benzene rings is 1. The van der Waals surface area contributed by atoms with Crippen LogP contribution < -0.4 is 0 Å². The van der Waals surface area contributed by atoms with E-state index < -0.39 is 5.97 Å². The molecule has 2 rings (SSSR count). The van der Waals surface area contributed by atoms with Gasteiger partial charge in [-0.05, 0) is 34.1 Å². The Bertz CT molecular complexity index is 625. The van der Waals surface area contributed by atoms with E-state index in [4.69, 9.17) is 21.1 Å². The van der Waals surface area contributed by atoms with Crippen molar-refractivity contribution in [2.75, 3.05) is 0 Å². The van der Waals surface area contributed by atoms with E-state index in [-0.39, 0.29) is 11.8 Å². The van der Waals surface area contributed by atoms with Gasteiger partial charge in [-0.2, -0.15) is 0 Å². The fraction of sp³-hybridized carbons (Fsp3) is 0. The van der Waals surface area contributed by atoms with Crippen molar-refractivity contribution in [3.8, 4) is 11.5 Å². The van der Waals surface area contributed by atoms with Crippen LogP contribution in [0.15, 0.2) is 33.2 Å². The first-order valence-corrected chi connectivity index (χ1v) is 5.93. The number of hydrogen-bond acceptors (Lipinski definition) is 4. The van der Waals surface area contributed by atoms with Gasteiger partial charge in [0.1, 0.15) is 0 Å². The summed E-state index contributed by atoms with van der Waals surface area (Å²) in [6.45, 7) is 0. The highest BCUT2D eigenvalue weighted by atomic mass is 79.9. The Morgan fingerprint density at radius 2 is 2.22 bits per heavy atom. The minimum Gasteiger partial charge on any atom is -0.478 e. The van der Waals surface area contributed by atoms with Crippen LogP contribution in [0.2, 0.25) is 5.02 Å². The van der Waals surface area contributed by atoms with Crippen molar-refractivity contribution >= 4 is 39.6 Å². The Labute approximate surface area is 115 Å². The summed E-state index contributed by atoms with van der Waals surface area (Å²) in [5.74, 6) is -0.715. The predicted octanol–water partition coefficient (Wildman–Crippen LogP) is 3.25. The second-order valence-corrected chi connectivity index (χ2v) is 4.53. The summed E-state index contributed by atoms with van der Waals surface area (Å²) in [6.07, 6.45) is 2.14. The molecule has 2 aromatic rings. The molecule has 1 heterocycles. The average Bonchev–Trinajstić information content (AvgIpc) is 2.78. The zero-order valence-corrected chi connectivity index (χ0v) is 11.1. The van der Waals surface area contributed by atoms with Crippen molar-refractivity contribution in [2.45, 2.75) is 0 Å². The lowest BCUT2D eigenvalue weighted by atomic mass is 10.2. The van der Waals surface area contributed by atoms with Gasteiger partial charge in [-0.3, -0.25) is 0 Å². The zero-order valence-electron chi connectivity index (χ0n) is 8.80. The minimum atomic E-state index is -1.08. The van der Waals surface area contributed by atoms with E-state index in [1.54, 1.807) is 18.2 Å². The standard InChI is InChI=1S/C11H6BrClN2O3/c12-8-2-1-6(13)5-7(8)11-15-14-9(18-11)3-4-10(16)17/h1-5H,(H,16,17)/b4-3+. The van der Waals surface area contributed by atoms with E-state index in [0.29, 0.717) is 10.6 Å². The normalized spacial score (nSPS) is 11.0. The molecule has 0 aliphatic heterocycles. The summed E-state index contributed by atoms with van der Waals surface area (Å²) >= 11 is 9.21. The van der Waals surface area contributed by atoms with Gasteiger partial charge in [0.2, 0.25) is 11.8 Å². The topological polar surface area (TPSA) is 76.2 Å². The van der Waals surface area contributed by atoms with E-state index in [1.807, 2.05) is 0 Å². The summed E-state index contributed by atoms with van der Waals surface area (Å²) < 4.78 is 6.05. The van der Waals surface area contributed by atoms with Crippen LogP contribution >= 0.6 is 27.5 Å². The van der Waals surface area contributed by atoms with E-state index >= 15 is 0 Å². The number of carbonyl (C=O) groups is 1. The third-order valence-corrected chi connectivity index (χ3v) is 2.89. The van der Waals surface area contributed by atoms with E-state index in [0.717, 1.165) is 10.5 Å². The van der Waals surface area contributed by atoms with E-state index in [2.05, 4.69) is 26.1 Å². The quantitative estimate of drug-likeness (QED) is 0.875. The van der Waals surface area contributed by atoms with Gasteiger partial charge in [0, 0.05) is 21.6 Å². The molecule has 0 unspecified atom stereocenters. The van der Waals surface area contributed by atoms with Crippen molar-refractivity contribution in [1.82, 2.24) is 10.2 Å². The van der Waals surface area contributed by atoms with Gasteiger partial charge in [-0.25, -0.2) is 4.79 Å². The third kappa shape index (κ3) is 2.96. The highest BCUT2D eigenvalue weighted by Crippen LogP contribution is 2.29. The monoisotopic (exact) mass is 328 g/mol. The molecule has 7 heteroatoms. The largest absolute Gasteiger partial charge is 0.478 e. The summed E-state index contributed by atoms with van der Waals surface area (Å²) in [6, 6.07) is 5.15. The van der Waals surface area contributed by atoms with Gasteiger partial charge in [0.25, 0.3) is 0 Å². The lowest BCUT2D eigenvalue weighted by Gasteiger charge is -1.98. The molecule has 18 heavy (non-hydrogen) atoms. The number of halogens is 2. The average molecular weight is 330 g/mol. The molecule has 92 valence electrons. The van der Waals surface area contributed by atoms with Gasteiger partial charge in [-0.15, -0.1) is 10.2 Å². The smallest absolute Gasteiger partial charge is 0.328 e. The summed E-state index contributed by atoms with van der Waals surface area (Å²) in [5, 5.41) is 16.5. The van der Waals surface area contributed by atoms with Crippen LogP contribution in [0.5, 0.6) is 0 Å². The summed E-state index contributed by atoms with van der Waals surface area (Å²) in [7, 11) is 0. The number of hydrogen-bond donors (Lipinski definition) is 1. The van der Waals surface area contributed by atoms with Crippen LogP contribution in [0.25, 0.3) is 17.5 Å². The maximum atomic E-state index is 10.3. The fourth-order valence-corrected chi connectivity index (χ4v) is 1.80. The van der Waals surface area contributed by atoms with Crippen LogP contribution in [0.3, 0.4) is 0 Å². The molecular weight excluding hydrogens is 323 g/mol. The highest BCUT2D eigenvalue weighted by molar-refractivity contribution is 9.10.